The second kappa shape index (κ2) is 9.03. The van der Waals surface area contributed by atoms with Crippen molar-refractivity contribution >= 4 is 11.8 Å². The number of fused-ring (bicyclic) bond motifs is 4. The monoisotopic (exact) mass is 496 g/mol. The first kappa shape index (κ1) is 23.7. The molecule has 37 heavy (non-hydrogen) atoms. The lowest BCUT2D eigenvalue weighted by Gasteiger charge is -2.54. The van der Waals surface area contributed by atoms with Crippen LogP contribution in [-0.2, 0) is 20.9 Å². The molecule has 0 saturated carbocycles. The molecule has 2 fully saturated rings. The van der Waals surface area contributed by atoms with Gasteiger partial charge in [0.05, 0.1) is 23.7 Å². The highest BCUT2D eigenvalue weighted by molar-refractivity contribution is 5.94. The molecule has 0 spiro atoms. The van der Waals surface area contributed by atoms with Crippen LogP contribution in [0, 0.1) is 5.41 Å². The lowest BCUT2D eigenvalue weighted by Crippen LogP contribution is -2.64. The number of ether oxygens (including phenoxy) is 1. The fourth-order valence-electron chi connectivity index (χ4n) is 6.66. The van der Waals surface area contributed by atoms with Crippen molar-refractivity contribution < 1.29 is 19.4 Å². The maximum Gasteiger partial charge on any atom is 0.235 e. The summed E-state index contributed by atoms with van der Waals surface area (Å²) in [5, 5.41) is 10.5. The number of carbonyl (C=O) groups excluding carboxylic acids is 2. The van der Waals surface area contributed by atoms with Gasteiger partial charge in [-0.2, -0.15) is 0 Å². The van der Waals surface area contributed by atoms with Crippen molar-refractivity contribution in [1.82, 2.24) is 9.80 Å². The smallest absolute Gasteiger partial charge is 0.235 e. The molecule has 2 amide bonds. The average molecular weight is 497 g/mol. The number of benzene rings is 1. The largest absolute Gasteiger partial charge is 0.508 e. The number of allylic oxidation sites excluding steroid dienone is 8. The highest BCUT2D eigenvalue weighted by atomic mass is 16.5. The molecule has 190 valence electrons. The van der Waals surface area contributed by atoms with Gasteiger partial charge in [0.1, 0.15) is 5.76 Å². The van der Waals surface area contributed by atoms with E-state index in [1.807, 2.05) is 78.3 Å². The third kappa shape index (κ3) is 3.91. The van der Waals surface area contributed by atoms with Gasteiger partial charge in [0.2, 0.25) is 11.8 Å². The predicted molar refractivity (Wildman–Crippen MR) is 141 cm³/mol. The zero-order chi connectivity index (χ0) is 25.7. The van der Waals surface area contributed by atoms with Crippen molar-refractivity contribution in [3.8, 4) is 0 Å². The zero-order valence-corrected chi connectivity index (χ0v) is 21.3. The molecule has 4 atom stereocenters. The molecule has 2 saturated heterocycles. The normalized spacial score (nSPS) is 30.7. The Kier molecular flexibility index (Phi) is 5.80. The van der Waals surface area contributed by atoms with Crippen LogP contribution in [-0.4, -0.2) is 58.1 Å². The summed E-state index contributed by atoms with van der Waals surface area (Å²) in [5.74, 6) is 0.235. The van der Waals surface area contributed by atoms with Crippen molar-refractivity contribution in [3.63, 3.8) is 0 Å². The number of aliphatic hydroxyl groups excluding tert-OH is 1. The van der Waals surface area contributed by atoms with Crippen LogP contribution in [0.3, 0.4) is 0 Å². The van der Waals surface area contributed by atoms with Crippen molar-refractivity contribution in [2.45, 2.75) is 51.5 Å². The summed E-state index contributed by atoms with van der Waals surface area (Å²) in [6, 6.07) is 9.45. The van der Waals surface area contributed by atoms with E-state index >= 15 is 0 Å². The summed E-state index contributed by atoms with van der Waals surface area (Å²) in [7, 11) is 0. The summed E-state index contributed by atoms with van der Waals surface area (Å²) in [5.41, 5.74) is 3.73. The van der Waals surface area contributed by atoms with Gasteiger partial charge < -0.3 is 19.6 Å². The van der Waals surface area contributed by atoms with Crippen LogP contribution in [0.15, 0.2) is 101 Å². The van der Waals surface area contributed by atoms with Crippen molar-refractivity contribution in [3.05, 3.63) is 106 Å². The number of nitrogens with zero attached hydrogens (tertiary/aromatic N) is 2. The number of morpholine rings is 1. The lowest BCUT2D eigenvalue weighted by atomic mass is 9.59. The molecule has 2 heterocycles. The van der Waals surface area contributed by atoms with Crippen molar-refractivity contribution in [2.24, 2.45) is 5.41 Å². The number of amides is 2. The molecular weight excluding hydrogens is 464 g/mol. The molecule has 4 unspecified atom stereocenters. The Balaban J connectivity index is 1.55. The number of carbonyl (C=O) groups is 2. The van der Waals surface area contributed by atoms with E-state index < -0.39 is 11.5 Å². The van der Waals surface area contributed by atoms with Gasteiger partial charge in [0.25, 0.3) is 0 Å². The van der Waals surface area contributed by atoms with Crippen LogP contribution in [0.2, 0.25) is 0 Å². The van der Waals surface area contributed by atoms with E-state index in [0.29, 0.717) is 32.5 Å². The lowest BCUT2D eigenvalue weighted by molar-refractivity contribution is -0.161. The maximum absolute atomic E-state index is 14.8. The van der Waals surface area contributed by atoms with Gasteiger partial charge in [-0.05, 0) is 66.4 Å². The second-order valence-electron chi connectivity index (χ2n) is 10.7. The van der Waals surface area contributed by atoms with Crippen molar-refractivity contribution in [2.75, 3.05) is 13.1 Å². The molecule has 0 radical (unpaired) electrons. The Bertz CT molecular complexity index is 1320. The molecule has 6 rings (SSSR count). The van der Waals surface area contributed by atoms with E-state index in [0.717, 1.165) is 27.9 Å². The third-order valence-corrected chi connectivity index (χ3v) is 8.14. The number of rotatable bonds is 3. The molecule has 2 aliphatic heterocycles. The van der Waals surface area contributed by atoms with Crippen LogP contribution in [0.1, 0.15) is 32.3 Å². The van der Waals surface area contributed by atoms with Gasteiger partial charge in [-0.25, -0.2) is 0 Å². The highest BCUT2D eigenvalue weighted by Crippen LogP contribution is 2.55. The standard InChI is InChI=1S/C31H32N2O4/c1-20-17-32(18-21(2)37-20)30(36)31-14-13-28(35)33(19-22-7-4-3-5-8-22)29(31)26-12-11-25(34)15-23-9-6-10-24(31)16-27(23)26/h3-12,15-16,20-21,29,34H,13-14,17-19H2,1-2H3. The highest BCUT2D eigenvalue weighted by Gasteiger charge is 2.59. The summed E-state index contributed by atoms with van der Waals surface area (Å²) in [6.07, 6.45) is 14.0. The fourth-order valence-corrected chi connectivity index (χ4v) is 6.66. The number of aliphatic hydroxyl groups is 1. The zero-order valence-electron chi connectivity index (χ0n) is 21.3. The summed E-state index contributed by atoms with van der Waals surface area (Å²) in [4.78, 5) is 32.2. The predicted octanol–water partition coefficient (Wildman–Crippen LogP) is 4.54. The molecule has 1 aromatic carbocycles. The quantitative estimate of drug-likeness (QED) is 0.667. The van der Waals surface area contributed by atoms with Gasteiger partial charge in [-0.3, -0.25) is 9.59 Å². The molecule has 1 aromatic rings. The average Bonchev–Trinajstić information content (AvgIpc) is 3.15. The Morgan fingerprint density at radius 3 is 2.59 bits per heavy atom. The molecule has 6 nitrogen and oxygen atoms in total. The van der Waals surface area contributed by atoms with Gasteiger partial charge in [0, 0.05) is 26.1 Å². The number of hydrogen-bond donors (Lipinski definition) is 1. The van der Waals surface area contributed by atoms with Crippen LogP contribution >= 0.6 is 0 Å². The van der Waals surface area contributed by atoms with Crippen LogP contribution in [0.4, 0.5) is 0 Å². The van der Waals surface area contributed by atoms with Gasteiger partial charge >= 0.3 is 0 Å². The molecule has 2 bridgehead atoms. The van der Waals surface area contributed by atoms with Crippen LogP contribution in [0.5, 0.6) is 0 Å². The summed E-state index contributed by atoms with van der Waals surface area (Å²) >= 11 is 0. The first-order valence-electron chi connectivity index (χ1n) is 13.1. The first-order chi connectivity index (χ1) is 17.9. The minimum absolute atomic E-state index is 0.0395. The summed E-state index contributed by atoms with van der Waals surface area (Å²) in [6.45, 7) is 5.46. The Hall–Kier alpha value is -3.64. The van der Waals surface area contributed by atoms with Crippen LogP contribution < -0.4 is 0 Å². The van der Waals surface area contributed by atoms with Gasteiger partial charge in [-0.1, -0.05) is 54.6 Å². The molecule has 6 heteroatoms. The van der Waals surface area contributed by atoms with E-state index in [9.17, 15) is 14.7 Å². The first-order valence-corrected chi connectivity index (χ1v) is 13.1. The Morgan fingerprint density at radius 1 is 1.08 bits per heavy atom. The van der Waals surface area contributed by atoms with E-state index in [1.54, 1.807) is 12.2 Å². The number of piperidine rings is 1. The molecule has 5 aliphatic rings. The Morgan fingerprint density at radius 2 is 1.84 bits per heavy atom. The summed E-state index contributed by atoms with van der Waals surface area (Å²) < 4.78 is 5.95. The second-order valence-corrected chi connectivity index (χ2v) is 10.7. The van der Waals surface area contributed by atoms with Gasteiger partial charge in [0.15, 0.2) is 0 Å². The topological polar surface area (TPSA) is 70.1 Å². The van der Waals surface area contributed by atoms with Crippen molar-refractivity contribution in [1.29, 1.82) is 0 Å². The van der Waals surface area contributed by atoms with E-state index in [4.69, 9.17) is 4.74 Å². The Labute approximate surface area is 217 Å². The number of likely N-dealkylation sites (tertiary alicyclic amines) is 1. The fraction of sp³-hybridized carbons (Fsp3) is 0.355. The maximum atomic E-state index is 14.8. The molecule has 3 aliphatic carbocycles. The van der Waals surface area contributed by atoms with Crippen LogP contribution in [0.25, 0.3) is 0 Å². The molecule has 1 N–H and O–H groups in total. The minimum atomic E-state index is -0.928. The van der Waals surface area contributed by atoms with E-state index in [-0.39, 0.29) is 29.8 Å². The molecular formula is C31H32N2O4. The third-order valence-electron chi connectivity index (χ3n) is 8.14. The van der Waals surface area contributed by atoms with E-state index in [2.05, 4.69) is 6.08 Å². The minimum Gasteiger partial charge on any atom is -0.508 e. The van der Waals surface area contributed by atoms with Gasteiger partial charge in [-0.15, -0.1) is 0 Å². The SMILES string of the molecule is CC1CN(C(=O)C23CCC(=O)N(Cc4ccccc4)C2C2=CC=C(O)C=C4C=CC=C3C=C42)CC(C)O1. The number of hydrogen-bond acceptors (Lipinski definition) is 4. The molecule has 0 aromatic heterocycles. The van der Waals surface area contributed by atoms with E-state index in [1.165, 1.54) is 0 Å².